The van der Waals surface area contributed by atoms with E-state index in [9.17, 15) is 4.79 Å². The number of hydrogen-bond acceptors (Lipinski definition) is 4. The zero-order chi connectivity index (χ0) is 18.7. The summed E-state index contributed by atoms with van der Waals surface area (Å²) in [6.45, 7) is 13.0. The predicted molar refractivity (Wildman–Crippen MR) is 103 cm³/mol. The quantitative estimate of drug-likeness (QED) is 0.835. The second kappa shape index (κ2) is 7.96. The number of fused-ring (bicyclic) bond motifs is 1. The number of carbonyl (C=O) groups excluding carboxylic acids is 1. The van der Waals surface area contributed by atoms with E-state index >= 15 is 0 Å². The highest BCUT2D eigenvalue weighted by molar-refractivity contribution is 5.73. The first-order chi connectivity index (χ1) is 12.3. The van der Waals surface area contributed by atoms with Crippen LogP contribution in [-0.4, -0.2) is 77.3 Å². The third-order valence-electron chi connectivity index (χ3n) is 5.26. The molecule has 3 rings (SSSR count). The van der Waals surface area contributed by atoms with Crippen molar-refractivity contribution < 1.29 is 4.79 Å². The highest BCUT2D eigenvalue weighted by Gasteiger charge is 2.28. The molecule has 0 aromatic carbocycles. The van der Waals surface area contributed by atoms with Gasteiger partial charge in [-0.1, -0.05) is 13.8 Å². The van der Waals surface area contributed by atoms with Gasteiger partial charge in [-0.25, -0.2) is 4.79 Å². The van der Waals surface area contributed by atoms with Gasteiger partial charge in [0, 0.05) is 40.3 Å². The van der Waals surface area contributed by atoms with Gasteiger partial charge in [0.25, 0.3) is 0 Å². The number of likely N-dealkylation sites (tertiary alicyclic amines) is 1. The van der Waals surface area contributed by atoms with Crippen molar-refractivity contribution in [2.45, 2.75) is 46.3 Å². The molecule has 7 nitrogen and oxygen atoms in total. The van der Waals surface area contributed by atoms with Gasteiger partial charge in [0.05, 0.1) is 24.5 Å². The topological polar surface area (TPSA) is 56.6 Å². The van der Waals surface area contributed by atoms with E-state index in [1.54, 1.807) is 19.0 Å². The van der Waals surface area contributed by atoms with Crippen LogP contribution in [0, 0.1) is 5.41 Å². The molecule has 1 aromatic rings. The van der Waals surface area contributed by atoms with E-state index in [4.69, 9.17) is 0 Å². The monoisotopic (exact) mass is 362 g/mol. The molecule has 0 spiro atoms. The number of rotatable bonds is 6. The zero-order valence-electron chi connectivity index (χ0n) is 16.8. The molecule has 2 amide bonds. The summed E-state index contributed by atoms with van der Waals surface area (Å²) in [7, 11) is 3.49. The Bertz CT molecular complexity index is 618. The van der Waals surface area contributed by atoms with Crippen molar-refractivity contribution in [1.82, 2.24) is 29.8 Å². The van der Waals surface area contributed by atoms with Crippen LogP contribution in [0.4, 0.5) is 4.79 Å². The molecule has 7 heteroatoms. The minimum atomic E-state index is -0.0822. The van der Waals surface area contributed by atoms with E-state index in [1.807, 2.05) is 0 Å². The highest BCUT2D eigenvalue weighted by atomic mass is 16.2. The molecule has 0 unspecified atom stereocenters. The van der Waals surface area contributed by atoms with Crippen LogP contribution in [0.15, 0.2) is 6.07 Å². The predicted octanol–water partition coefficient (Wildman–Crippen LogP) is 1.59. The van der Waals surface area contributed by atoms with E-state index in [0.29, 0.717) is 12.0 Å². The summed E-state index contributed by atoms with van der Waals surface area (Å²) in [6, 6.07) is 2.05. The van der Waals surface area contributed by atoms with Gasteiger partial charge in [-0.3, -0.25) is 9.58 Å². The van der Waals surface area contributed by atoms with E-state index < -0.39 is 0 Å². The van der Waals surface area contributed by atoms with Gasteiger partial charge in [-0.2, -0.15) is 5.10 Å². The summed E-state index contributed by atoms with van der Waals surface area (Å²) >= 11 is 0. The first-order valence-electron chi connectivity index (χ1n) is 9.78. The van der Waals surface area contributed by atoms with E-state index in [1.165, 1.54) is 38.2 Å². The molecule has 26 heavy (non-hydrogen) atoms. The van der Waals surface area contributed by atoms with Crippen LogP contribution in [0.25, 0.3) is 0 Å². The molecule has 146 valence electrons. The molecule has 1 saturated heterocycles. The summed E-state index contributed by atoms with van der Waals surface area (Å²) in [6.07, 6.45) is 2.71. The molecule has 0 saturated carbocycles. The third kappa shape index (κ3) is 4.98. The molecule has 3 heterocycles. The second-order valence-electron chi connectivity index (χ2n) is 8.76. The standard InChI is InChI=1S/C19H34N6O/c1-19(2,14-23-7-5-6-8-23)15-24-9-10-25-17(13-24)11-16(21-25)12-20-18(26)22(3)4/h11H,5-10,12-15H2,1-4H3,(H,20,26). The third-order valence-corrected chi connectivity index (χ3v) is 5.26. The van der Waals surface area contributed by atoms with Crippen LogP contribution in [0.2, 0.25) is 0 Å². The maximum atomic E-state index is 11.7. The Kier molecular flexibility index (Phi) is 5.87. The van der Waals surface area contributed by atoms with E-state index in [0.717, 1.165) is 31.9 Å². The lowest BCUT2D eigenvalue weighted by molar-refractivity contribution is 0.111. The van der Waals surface area contributed by atoms with Gasteiger partial charge in [0.15, 0.2) is 0 Å². The van der Waals surface area contributed by atoms with Crippen LogP contribution in [0.1, 0.15) is 38.1 Å². The number of hydrogen-bond donors (Lipinski definition) is 1. The van der Waals surface area contributed by atoms with Crippen molar-refractivity contribution in [2.75, 3.05) is 46.8 Å². The van der Waals surface area contributed by atoms with Gasteiger partial charge >= 0.3 is 6.03 Å². The molecule has 0 atom stereocenters. The van der Waals surface area contributed by atoms with Crippen molar-refractivity contribution in [3.05, 3.63) is 17.5 Å². The molecule has 2 aliphatic rings. The van der Waals surface area contributed by atoms with Crippen molar-refractivity contribution in [2.24, 2.45) is 5.41 Å². The van der Waals surface area contributed by atoms with Gasteiger partial charge in [-0.05, 0) is 37.4 Å². The fourth-order valence-electron chi connectivity index (χ4n) is 4.13. The Morgan fingerprint density at radius 3 is 2.54 bits per heavy atom. The number of amides is 2. The number of aromatic nitrogens is 2. The molecule has 1 N–H and O–H groups in total. The summed E-state index contributed by atoms with van der Waals surface area (Å²) < 4.78 is 2.10. The molecule has 2 aliphatic heterocycles. The Morgan fingerprint density at radius 2 is 1.85 bits per heavy atom. The molecule has 1 aromatic heterocycles. The largest absolute Gasteiger partial charge is 0.332 e. The first-order valence-corrected chi connectivity index (χ1v) is 9.78. The van der Waals surface area contributed by atoms with Crippen molar-refractivity contribution in [3.63, 3.8) is 0 Å². The Labute approximate surface area is 157 Å². The van der Waals surface area contributed by atoms with Gasteiger partial charge in [-0.15, -0.1) is 0 Å². The average molecular weight is 363 g/mol. The molecular weight excluding hydrogens is 328 g/mol. The van der Waals surface area contributed by atoms with E-state index in [2.05, 4.69) is 44.8 Å². The number of nitrogens with zero attached hydrogens (tertiary/aromatic N) is 5. The van der Waals surface area contributed by atoms with Crippen LogP contribution in [-0.2, 0) is 19.6 Å². The lowest BCUT2D eigenvalue weighted by atomic mass is 9.91. The number of carbonyl (C=O) groups is 1. The van der Waals surface area contributed by atoms with Gasteiger partial charge in [0.2, 0.25) is 0 Å². The van der Waals surface area contributed by atoms with Crippen LogP contribution >= 0.6 is 0 Å². The molecule has 0 bridgehead atoms. The summed E-state index contributed by atoms with van der Waals surface area (Å²) in [5, 5.41) is 7.53. The zero-order valence-corrected chi connectivity index (χ0v) is 16.8. The second-order valence-corrected chi connectivity index (χ2v) is 8.76. The minimum absolute atomic E-state index is 0.0822. The lowest BCUT2D eigenvalue weighted by Gasteiger charge is -2.37. The van der Waals surface area contributed by atoms with Crippen LogP contribution < -0.4 is 5.32 Å². The SMILES string of the molecule is CN(C)C(=O)NCc1cc2n(n1)CCN(CC(C)(C)CN1CCCC1)C2. The summed E-state index contributed by atoms with van der Waals surface area (Å²) in [5.74, 6) is 0. The number of nitrogens with one attached hydrogen (secondary N) is 1. The first kappa shape index (κ1) is 19.2. The normalized spacial score (nSPS) is 18.8. The Morgan fingerprint density at radius 1 is 1.15 bits per heavy atom. The summed E-state index contributed by atoms with van der Waals surface area (Å²) in [4.78, 5) is 18.4. The maximum Gasteiger partial charge on any atom is 0.317 e. The van der Waals surface area contributed by atoms with Crippen LogP contribution in [0.3, 0.4) is 0 Å². The summed E-state index contributed by atoms with van der Waals surface area (Å²) in [5.41, 5.74) is 2.49. The van der Waals surface area contributed by atoms with Crippen LogP contribution in [0.5, 0.6) is 0 Å². The van der Waals surface area contributed by atoms with Crippen molar-refractivity contribution >= 4 is 6.03 Å². The fourth-order valence-corrected chi connectivity index (χ4v) is 4.13. The smallest absolute Gasteiger partial charge is 0.317 e. The lowest BCUT2D eigenvalue weighted by Crippen LogP contribution is -2.44. The maximum absolute atomic E-state index is 11.7. The molecule has 0 radical (unpaired) electrons. The van der Waals surface area contributed by atoms with Gasteiger partial charge < -0.3 is 15.1 Å². The highest BCUT2D eigenvalue weighted by Crippen LogP contribution is 2.24. The van der Waals surface area contributed by atoms with E-state index in [-0.39, 0.29) is 6.03 Å². The average Bonchev–Trinajstić information content (AvgIpc) is 3.20. The fraction of sp³-hybridized carbons (Fsp3) is 0.789. The van der Waals surface area contributed by atoms with Crippen molar-refractivity contribution in [3.8, 4) is 0 Å². The molecule has 1 fully saturated rings. The molecule has 0 aliphatic carbocycles. The van der Waals surface area contributed by atoms with Gasteiger partial charge in [0.1, 0.15) is 0 Å². The van der Waals surface area contributed by atoms with Crippen molar-refractivity contribution in [1.29, 1.82) is 0 Å². The Balaban J connectivity index is 1.53. The Hall–Kier alpha value is -1.60. The minimum Gasteiger partial charge on any atom is -0.332 e. The number of urea groups is 1. The molecular formula is C19H34N6O.